The second-order valence-corrected chi connectivity index (χ2v) is 32.4. The molecule has 0 unspecified atom stereocenters. The van der Waals surface area contributed by atoms with Crippen LogP contribution in [0.1, 0.15) is 0 Å². The van der Waals surface area contributed by atoms with Crippen LogP contribution in [0.2, 0.25) is 78.6 Å². The van der Waals surface area contributed by atoms with Gasteiger partial charge in [-0.1, -0.05) is 0 Å². The summed E-state index contributed by atoms with van der Waals surface area (Å²) in [6.45, 7) is 26.2. The summed E-state index contributed by atoms with van der Waals surface area (Å²) < 4.78 is 33.9. The van der Waals surface area contributed by atoms with Crippen LogP contribution in [0.5, 0.6) is 0 Å². The first-order chi connectivity index (χ1) is 10.2. The van der Waals surface area contributed by atoms with Gasteiger partial charge >= 0.3 is 17.1 Å². The van der Waals surface area contributed by atoms with Crippen molar-refractivity contribution in [3.63, 3.8) is 0 Å². The molecule has 1 saturated heterocycles. The Kier molecular flexibility index (Phi) is 6.64. The Morgan fingerprint density at radius 1 is 0.375 bits per heavy atom. The molecule has 1 fully saturated rings. The molecule has 24 heavy (non-hydrogen) atoms. The molecule has 0 bridgehead atoms. The third kappa shape index (κ3) is 8.17. The predicted octanol–water partition coefficient (Wildman–Crippen LogP) is 3.46. The molecule has 12 heteroatoms. The van der Waals surface area contributed by atoms with Gasteiger partial charge in [0.15, 0.2) is 0 Å². The molecule has 0 aromatic rings. The van der Waals surface area contributed by atoms with E-state index in [0.29, 0.717) is 0 Å². The van der Waals surface area contributed by atoms with Crippen molar-refractivity contribution >= 4 is 51.0 Å². The molecule has 144 valence electrons. The van der Waals surface area contributed by atoms with Crippen LogP contribution < -0.4 is 9.30 Å². The first-order valence-corrected chi connectivity index (χ1v) is 25.9. The van der Waals surface area contributed by atoms with Gasteiger partial charge in [0.2, 0.25) is 33.9 Å². The smallest absolute Gasteiger partial charge is 0.313 e. The van der Waals surface area contributed by atoms with E-state index in [2.05, 4.69) is 87.9 Å². The van der Waals surface area contributed by atoms with Crippen LogP contribution in [0.3, 0.4) is 0 Å². The monoisotopic (exact) mass is 442 g/mol. The second kappa shape index (κ2) is 6.90. The van der Waals surface area contributed by atoms with E-state index in [9.17, 15) is 0 Å². The highest BCUT2D eigenvalue weighted by Crippen LogP contribution is 2.25. The summed E-state index contributed by atoms with van der Waals surface area (Å²) in [5.74, 6) is 0. The summed E-state index contributed by atoms with van der Waals surface area (Å²) in [7, 11) is -12.9. The van der Waals surface area contributed by atoms with E-state index in [-0.39, 0.29) is 0 Å². The zero-order valence-corrected chi connectivity index (χ0v) is 23.6. The minimum atomic E-state index is -2.29. The Balaban J connectivity index is 3.24. The van der Waals surface area contributed by atoms with Crippen molar-refractivity contribution in [1.29, 1.82) is 0 Å². The van der Waals surface area contributed by atoms with E-state index in [4.69, 9.17) is 16.5 Å². The maximum Gasteiger partial charge on any atom is 0.313 e. The molecule has 1 rings (SSSR count). The van der Waals surface area contributed by atoms with Crippen molar-refractivity contribution in [3.8, 4) is 0 Å². The van der Waals surface area contributed by atoms with Gasteiger partial charge in [0.1, 0.15) is 0 Å². The molecule has 0 spiro atoms. The molecule has 2 N–H and O–H groups in total. The standard InChI is InChI=1S/C12H38N2O4Si6/c1-19(2)13-21(5,6)16-23(9,10)18-24(11,12)17-22(7,8)14-20(3,4)15-19/h13-14H,1-12H3. The topological polar surface area (TPSA) is 61.0 Å². The van der Waals surface area contributed by atoms with E-state index in [0.717, 1.165) is 0 Å². The average Bonchev–Trinajstić information content (AvgIpc) is 1.98. The zero-order valence-electron chi connectivity index (χ0n) is 17.6. The molecule has 0 aromatic carbocycles. The van der Waals surface area contributed by atoms with Crippen molar-refractivity contribution in [3.05, 3.63) is 0 Å². The maximum atomic E-state index is 6.66. The molecule has 0 radical (unpaired) electrons. The van der Waals surface area contributed by atoms with Crippen molar-refractivity contribution < 1.29 is 16.5 Å². The van der Waals surface area contributed by atoms with Gasteiger partial charge in [-0.15, -0.1) is 0 Å². The van der Waals surface area contributed by atoms with Gasteiger partial charge in [-0.05, 0) is 78.6 Å². The average molecular weight is 443 g/mol. The largest absolute Gasteiger partial charge is 0.433 e. The minimum absolute atomic E-state index is 2.07. The summed E-state index contributed by atoms with van der Waals surface area (Å²) in [5.41, 5.74) is 0. The van der Waals surface area contributed by atoms with Gasteiger partial charge in [-0.3, -0.25) is 0 Å². The number of hydrogen-bond acceptors (Lipinski definition) is 6. The first-order valence-electron chi connectivity index (χ1n) is 8.63. The molecule has 0 aromatic heterocycles. The van der Waals surface area contributed by atoms with E-state index < -0.39 is 51.0 Å². The fourth-order valence-corrected chi connectivity index (χ4v) is 39.1. The third-order valence-corrected chi connectivity index (χ3v) is 28.9. The molecule has 6 nitrogen and oxygen atoms in total. The molecular weight excluding hydrogens is 405 g/mol. The summed E-state index contributed by atoms with van der Waals surface area (Å²) in [5, 5.41) is 0. The molecular formula is C12H38N2O4Si6. The van der Waals surface area contributed by atoms with Gasteiger partial charge in [0.05, 0.1) is 0 Å². The lowest BCUT2D eigenvalue weighted by Crippen LogP contribution is -2.73. The van der Waals surface area contributed by atoms with Crippen LogP contribution in [-0.4, -0.2) is 51.0 Å². The first kappa shape index (κ1) is 23.1. The molecule has 1 aliphatic heterocycles. The fraction of sp³-hybridized carbons (Fsp3) is 1.00. The van der Waals surface area contributed by atoms with Crippen LogP contribution in [0.15, 0.2) is 0 Å². The lowest BCUT2D eigenvalue weighted by molar-refractivity contribution is 0.323. The van der Waals surface area contributed by atoms with Gasteiger partial charge in [0, 0.05) is 0 Å². The minimum Gasteiger partial charge on any atom is -0.433 e. The molecule has 0 amide bonds. The molecule has 1 aliphatic rings. The number of rotatable bonds is 0. The quantitative estimate of drug-likeness (QED) is 0.560. The van der Waals surface area contributed by atoms with E-state index in [1.165, 1.54) is 0 Å². The zero-order chi connectivity index (χ0) is 19.2. The Hall–Kier alpha value is 1.06. The molecule has 1 heterocycles. The maximum absolute atomic E-state index is 6.66. The molecule has 0 aliphatic carbocycles. The number of hydrogen-bond donors (Lipinski definition) is 2. The van der Waals surface area contributed by atoms with E-state index >= 15 is 0 Å². The van der Waals surface area contributed by atoms with E-state index in [1.54, 1.807) is 0 Å². The van der Waals surface area contributed by atoms with Crippen molar-refractivity contribution in [1.82, 2.24) is 9.30 Å². The molecule has 0 saturated carbocycles. The Morgan fingerprint density at radius 3 is 0.917 bits per heavy atom. The highest BCUT2D eigenvalue weighted by atomic mass is 28.5. The Morgan fingerprint density at radius 2 is 0.625 bits per heavy atom. The van der Waals surface area contributed by atoms with Crippen LogP contribution in [0.25, 0.3) is 0 Å². The van der Waals surface area contributed by atoms with E-state index in [1.807, 2.05) is 0 Å². The highest BCUT2D eigenvalue weighted by Gasteiger charge is 2.49. The second-order valence-electron chi connectivity index (χ2n) is 9.50. The Bertz CT molecular complexity index is 338. The van der Waals surface area contributed by atoms with Gasteiger partial charge < -0.3 is 25.8 Å². The van der Waals surface area contributed by atoms with Crippen molar-refractivity contribution in [2.24, 2.45) is 0 Å². The number of nitrogens with one attached hydrogen (secondary N) is 2. The highest BCUT2D eigenvalue weighted by molar-refractivity contribution is 6.97. The predicted molar refractivity (Wildman–Crippen MR) is 116 cm³/mol. The summed E-state index contributed by atoms with van der Waals surface area (Å²) >= 11 is 0. The summed E-state index contributed by atoms with van der Waals surface area (Å²) in [4.78, 5) is 0. The lowest BCUT2D eigenvalue weighted by atomic mass is 11.9. The van der Waals surface area contributed by atoms with Crippen LogP contribution in [-0.2, 0) is 16.5 Å². The summed E-state index contributed by atoms with van der Waals surface area (Å²) in [6, 6.07) is 0. The van der Waals surface area contributed by atoms with Crippen LogP contribution in [0.4, 0.5) is 0 Å². The normalized spacial score (nSPS) is 31.5. The Labute approximate surface area is 155 Å². The van der Waals surface area contributed by atoms with Crippen LogP contribution >= 0.6 is 0 Å². The third-order valence-electron chi connectivity index (χ3n) is 3.21. The van der Waals surface area contributed by atoms with Gasteiger partial charge in [0.25, 0.3) is 0 Å². The van der Waals surface area contributed by atoms with Crippen LogP contribution in [0, 0.1) is 0 Å². The van der Waals surface area contributed by atoms with Gasteiger partial charge in [-0.25, -0.2) is 0 Å². The van der Waals surface area contributed by atoms with Crippen molar-refractivity contribution in [2.45, 2.75) is 78.6 Å². The summed E-state index contributed by atoms with van der Waals surface area (Å²) in [6.07, 6.45) is 0. The fourth-order valence-electron chi connectivity index (χ4n) is 4.05. The molecule has 0 atom stereocenters. The lowest BCUT2D eigenvalue weighted by Gasteiger charge is -2.47. The SMILES string of the molecule is C[Si]1(C)N[Si](C)(C)O[Si](C)(C)O[Si](C)(C)O[Si](C)(C)N[Si](C)(C)O1. The van der Waals surface area contributed by atoms with Gasteiger partial charge in [-0.2, -0.15) is 0 Å². The van der Waals surface area contributed by atoms with Crippen molar-refractivity contribution in [2.75, 3.05) is 0 Å².